The first kappa shape index (κ1) is 15.1. The van der Waals surface area contributed by atoms with Crippen LogP contribution in [0.3, 0.4) is 0 Å². The summed E-state index contributed by atoms with van der Waals surface area (Å²) >= 11 is 0. The Labute approximate surface area is 114 Å². The largest absolute Gasteiger partial charge is 0.481 e. The zero-order valence-electron chi connectivity index (χ0n) is 10.8. The zero-order chi connectivity index (χ0) is 14.9. The number of halogens is 3. The maximum atomic E-state index is 12.2. The summed E-state index contributed by atoms with van der Waals surface area (Å²) < 4.78 is 36.6. The van der Waals surface area contributed by atoms with Gasteiger partial charge in [0, 0.05) is 13.1 Å². The number of amides is 1. The normalized spacial score (nSPS) is 30.2. The third kappa shape index (κ3) is 4.09. The van der Waals surface area contributed by atoms with Gasteiger partial charge in [0.25, 0.3) is 0 Å². The topological polar surface area (TPSA) is 69.6 Å². The van der Waals surface area contributed by atoms with E-state index < -0.39 is 30.5 Å². The summed E-state index contributed by atoms with van der Waals surface area (Å²) in [4.78, 5) is 23.6. The third-order valence-corrected chi connectivity index (χ3v) is 3.78. The van der Waals surface area contributed by atoms with Crippen LogP contribution in [-0.2, 0) is 9.59 Å². The Balaban J connectivity index is 1.66. The maximum absolute atomic E-state index is 12.2. The van der Waals surface area contributed by atoms with Crippen LogP contribution in [0.15, 0.2) is 0 Å². The Morgan fingerprint density at radius 1 is 1.30 bits per heavy atom. The number of nitrogens with one attached hydrogen (secondary N) is 1. The Morgan fingerprint density at radius 3 is 2.55 bits per heavy atom. The molecule has 8 heteroatoms. The van der Waals surface area contributed by atoms with Gasteiger partial charge in [0.15, 0.2) is 0 Å². The molecule has 1 aliphatic heterocycles. The highest BCUT2D eigenvalue weighted by molar-refractivity contribution is 5.89. The monoisotopic (exact) mass is 294 g/mol. The number of carboxylic acid groups (broad SMARTS) is 1. The van der Waals surface area contributed by atoms with Crippen LogP contribution in [0.25, 0.3) is 0 Å². The quantitative estimate of drug-likeness (QED) is 0.783. The number of hydrogen-bond acceptors (Lipinski definition) is 3. The maximum Gasteiger partial charge on any atom is 0.401 e. The lowest BCUT2D eigenvalue weighted by molar-refractivity contribution is -0.143. The van der Waals surface area contributed by atoms with Crippen molar-refractivity contribution in [2.24, 2.45) is 17.8 Å². The number of alkyl halides is 3. The molecule has 1 aliphatic carbocycles. The smallest absolute Gasteiger partial charge is 0.401 e. The summed E-state index contributed by atoms with van der Waals surface area (Å²) in [7, 11) is 0. The van der Waals surface area contributed by atoms with Crippen LogP contribution >= 0.6 is 0 Å². The number of hydrogen-bond donors (Lipinski definition) is 2. The second-order valence-corrected chi connectivity index (χ2v) is 5.54. The second-order valence-electron chi connectivity index (χ2n) is 5.54. The molecule has 2 rings (SSSR count). The molecule has 114 valence electrons. The molecule has 1 saturated heterocycles. The standard InChI is InChI=1S/C12H17F3N2O3/c13-12(14,15)6-17-2-1-7(5-17)4-16-10(18)8-3-9(8)11(19)20/h7-9H,1-6H2,(H,16,18)(H,19,20)/t7?,8-,9+/m1/s1. The van der Waals surface area contributed by atoms with Crippen molar-refractivity contribution in [3.05, 3.63) is 0 Å². The highest BCUT2D eigenvalue weighted by Crippen LogP contribution is 2.38. The van der Waals surface area contributed by atoms with Crippen molar-refractivity contribution in [1.29, 1.82) is 0 Å². The van der Waals surface area contributed by atoms with E-state index in [0.29, 0.717) is 32.5 Å². The summed E-state index contributed by atoms with van der Waals surface area (Å²) in [6.45, 7) is 0.0885. The van der Waals surface area contributed by atoms with Crippen LogP contribution in [0, 0.1) is 17.8 Å². The molecule has 2 N–H and O–H groups in total. The van der Waals surface area contributed by atoms with E-state index in [1.165, 1.54) is 4.90 Å². The first-order chi connectivity index (χ1) is 9.26. The van der Waals surface area contributed by atoms with Crippen LogP contribution < -0.4 is 5.32 Å². The van der Waals surface area contributed by atoms with E-state index in [-0.39, 0.29) is 11.8 Å². The molecule has 0 aromatic heterocycles. The molecule has 1 unspecified atom stereocenters. The first-order valence-corrected chi connectivity index (χ1v) is 6.56. The molecule has 20 heavy (non-hydrogen) atoms. The molecule has 3 atom stereocenters. The van der Waals surface area contributed by atoms with Gasteiger partial charge in [-0.3, -0.25) is 14.5 Å². The number of rotatable bonds is 5. The molecule has 5 nitrogen and oxygen atoms in total. The van der Waals surface area contributed by atoms with E-state index in [0.717, 1.165) is 0 Å². The van der Waals surface area contributed by atoms with Crippen molar-refractivity contribution < 1.29 is 27.9 Å². The Bertz CT molecular complexity index is 400. The minimum atomic E-state index is -4.19. The van der Waals surface area contributed by atoms with Crippen LogP contribution in [0.1, 0.15) is 12.8 Å². The van der Waals surface area contributed by atoms with Gasteiger partial charge in [-0.05, 0) is 25.3 Å². The van der Waals surface area contributed by atoms with Gasteiger partial charge >= 0.3 is 12.1 Å². The van der Waals surface area contributed by atoms with Crippen LogP contribution in [0.4, 0.5) is 13.2 Å². The molecule has 1 saturated carbocycles. The van der Waals surface area contributed by atoms with Gasteiger partial charge < -0.3 is 10.4 Å². The number of carboxylic acids is 1. The molecule has 2 fully saturated rings. The van der Waals surface area contributed by atoms with Crippen molar-refractivity contribution in [2.75, 3.05) is 26.2 Å². The van der Waals surface area contributed by atoms with E-state index in [1.807, 2.05) is 0 Å². The molecule has 0 aromatic carbocycles. The summed E-state index contributed by atoms with van der Waals surface area (Å²) in [5.41, 5.74) is 0. The molecular formula is C12H17F3N2O3. The zero-order valence-corrected chi connectivity index (χ0v) is 10.8. The molecule has 0 aromatic rings. The first-order valence-electron chi connectivity index (χ1n) is 6.56. The van der Waals surface area contributed by atoms with E-state index in [4.69, 9.17) is 5.11 Å². The van der Waals surface area contributed by atoms with Crippen LogP contribution in [0.5, 0.6) is 0 Å². The van der Waals surface area contributed by atoms with Crippen molar-refractivity contribution in [1.82, 2.24) is 10.2 Å². The lowest BCUT2D eigenvalue weighted by Gasteiger charge is -2.18. The molecule has 0 bridgehead atoms. The number of aliphatic carboxylic acids is 1. The summed E-state index contributed by atoms with van der Waals surface area (Å²) in [5.74, 6) is -2.34. The lowest BCUT2D eigenvalue weighted by atomic mass is 10.1. The summed E-state index contributed by atoms with van der Waals surface area (Å²) in [6, 6.07) is 0. The molecule has 2 aliphatic rings. The van der Waals surface area contributed by atoms with Gasteiger partial charge in [-0.25, -0.2) is 0 Å². The number of likely N-dealkylation sites (tertiary alicyclic amines) is 1. The predicted octanol–water partition coefficient (Wildman–Crippen LogP) is 0.708. The van der Waals surface area contributed by atoms with E-state index >= 15 is 0 Å². The van der Waals surface area contributed by atoms with Crippen molar-refractivity contribution in [3.63, 3.8) is 0 Å². The molecule has 1 heterocycles. The van der Waals surface area contributed by atoms with Gasteiger partial charge in [0.2, 0.25) is 5.91 Å². The fourth-order valence-electron chi connectivity index (χ4n) is 2.61. The van der Waals surface area contributed by atoms with Gasteiger partial charge in [0.05, 0.1) is 18.4 Å². The Kier molecular flexibility index (Phi) is 4.22. The minimum absolute atomic E-state index is 0.00308. The lowest BCUT2D eigenvalue weighted by Crippen LogP contribution is -2.35. The van der Waals surface area contributed by atoms with Crippen molar-refractivity contribution >= 4 is 11.9 Å². The highest BCUT2D eigenvalue weighted by Gasteiger charge is 2.48. The summed E-state index contributed by atoms with van der Waals surface area (Å²) in [5, 5.41) is 11.3. The van der Waals surface area contributed by atoms with Crippen molar-refractivity contribution in [3.8, 4) is 0 Å². The molecular weight excluding hydrogens is 277 g/mol. The Morgan fingerprint density at radius 2 is 2.00 bits per heavy atom. The van der Waals surface area contributed by atoms with Gasteiger partial charge in [0.1, 0.15) is 0 Å². The average molecular weight is 294 g/mol. The third-order valence-electron chi connectivity index (χ3n) is 3.78. The SMILES string of the molecule is O=C(O)[C@H]1C[C@H]1C(=O)NCC1CCN(CC(F)(F)F)C1. The predicted molar refractivity (Wildman–Crippen MR) is 62.8 cm³/mol. The number of nitrogens with zero attached hydrogens (tertiary/aromatic N) is 1. The fourth-order valence-corrected chi connectivity index (χ4v) is 2.61. The summed E-state index contributed by atoms with van der Waals surface area (Å²) in [6.07, 6.45) is -3.23. The van der Waals surface area contributed by atoms with Gasteiger partial charge in [-0.2, -0.15) is 13.2 Å². The number of carbonyl (C=O) groups excluding carboxylic acids is 1. The molecule has 0 spiro atoms. The Hall–Kier alpha value is -1.31. The van der Waals surface area contributed by atoms with Crippen LogP contribution in [-0.4, -0.2) is 54.2 Å². The van der Waals surface area contributed by atoms with Gasteiger partial charge in [-0.15, -0.1) is 0 Å². The molecule has 1 amide bonds. The molecule has 0 radical (unpaired) electrons. The second kappa shape index (κ2) is 5.59. The fraction of sp³-hybridized carbons (Fsp3) is 0.833. The average Bonchev–Trinajstić information content (AvgIpc) is 3.01. The number of carbonyl (C=O) groups is 2. The van der Waals surface area contributed by atoms with Crippen molar-refractivity contribution in [2.45, 2.75) is 19.0 Å². The van der Waals surface area contributed by atoms with E-state index in [2.05, 4.69) is 5.32 Å². The van der Waals surface area contributed by atoms with Gasteiger partial charge in [-0.1, -0.05) is 0 Å². The van der Waals surface area contributed by atoms with E-state index in [1.54, 1.807) is 0 Å². The highest BCUT2D eigenvalue weighted by atomic mass is 19.4. The van der Waals surface area contributed by atoms with E-state index in [9.17, 15) is 22.8 Å². The van der Waals surface area contributed by atoms with Crippen LogP contribution in [0.2, 0.25) is 0 Å². The minimum Gasteiger partial charge on any atom is -0.481 e.